The van der Waals surface area contributed by atoms with Gasteiger partial charge in [0, 0.05) is 5.41 Å². The van der Waals surface area contributed by atoms with Gasteiger partial charge in [0.2, 0.25) is 5.91 Å². The molecule has 0 heterocycles. The smallest absolute Gasteiger partial charge is 0.226 e. The Balaban J connectivity index is 2.04. The molecule has 1 aromatic carbocycles. The second kappa shape index (κ2) is 11.5. The largest absolute Gasteiger partial charge is 0.488 e. The van der Waals surface area contributed by atoms with Crippen LogP contribution < -0.4 is 10.1 Å². The quantitative estimate of drug-likeness (QED) is 0.653. The minimum atomic E-state index is -0.322. The van der Waals surface area contributed by atoms with Gasteiger partial charge < -0.3 is 10.1 Å². The zero-order valence-corrected chi connectivity index (χ0v) is 18.0. The van der Waals surface area contributed by atoms with E-state index in [1.165, 1.54) is 0 Å². The Labute approximate surface area is 176 Å². The van der Waals surface area contributed by atoms with Crippen LogP contribution in [0.5, 0.6) is 5.75 Å². The van der Waals surface area contributed by atoms with Crippen molar-refractivity contribution in [3.05, 3.63) is 54.6 Å². The highest BCUT2D eigenvalue weighted by Gasteiger charge is 2.34. The van der Waals surface area contributed by atoms with Gasteiger partial charge in [-0.3, -0.25) is 4.79 Å². The highest BCUT2D eigenvalue weighted by molar-refractivity contribution is 5.82. The van der Waals surface area contributed by atoms with Crippen molar-refractivity contribution in [2.24, 2.45) is 5.41 Å². The van der Waals surface area contributed by atoms with E-state index < -0.39 is 0 Å². The van der Waals surface area contributed by atoms with Crippen molar-refractivity contribution in [3.63, 3.8) is 0 Å². The number of nitrogens with one attached hydrogen (secondary N) is 1. The number of amides is 1. The average molecular weight is 394 g/mol. The van der Waals surface area contributed by atoms with E-state index in [4.69, 9.17) is 11.2 Å². The minimum Gasteiger partial charge on any atom is -0.488 e. The van der Waals surface area contributed by atoms with Gasteiger partial charge >= 0.3 is 0 Å². The molecule has 0 atom stereocenters. The molecule has 1 aliphatic rings. The van der Waals surface area contributed by atoms with Gasteiger partial charge in [0.25, 0.3) is 0 Å². The summed E-state index contributed by atoms with van der Waals surface area (Å²) < 4.78 is 6.50. The second-order valence-electron chi connectivity index (χ2n) is 8.50. The maximum absolute atomic E-state index is 12.6. The molecule has 2 rings (SSSR count). The summed E-state index contributed by atoms with van der Waals surface area (Å²) in [6.45, 7) is 4.61. The number of ether oxygens (including phenoxy) is 1. The molecule has 1 fully saturated rings. The minimum absolute atomic E-state index is 0.0979. The van der Waals surface area contributed by atoms with Gasteiger partial charge in [-0.05, 0) is 57.6 Å². The molecular formula is C26H35NO2. The van der Waals surface area contributed by atoms with Crippen molar-refractivity contribution >= 4 is 5.91 Å². The van der Waals surface area contributed by atoms with Gasteiger partial charge in [-0.25, -0.2) is 0 Å². The molecule has 29 heavy (non-hydrogen) atoms. The van der Waals surface area contributed by atoms with Crippen molar-refractivity contribution in [3.8, 4) is 18.1 Å². The van der Waals surface area contributed by atoms with Crippen LogP contribution in [0, 0.1) is 17.8 Å². The van der Waals surface area contributed by atoms with Crippen LogP contribution in [0.4, 0.5) is 0 Å². The highest BCUT2D eigenvalue weighted by atomic mass is 16.5. The molecule has 0 bridgehead atoms. The fourth-order valence-corrected chi connectivity index (χ4v) is 3.98. The van der Waals surface area contributed by atoms with Gasteiger partial charge in [0.05, 0.1) is 6.54 Å². The number of rotatable bonds is 4. The van der Waals surface area contributed by atoms with Crippen molar-refractivity contribution in [1.82, 2.24) is 5.32 Å². The molecule has 0 aromatic heterocycles. The summed E-state index contributed by atoms with van der Waals surface area (Å²) in [5.74, 6) is 3.48. The molecule has 3 heteroatoms. The second-order valence-corrected chi connectivity index (χ2v) is 8.50. The van der Waals surface area contributed by atoms with Crippen molar-refractivity contribution in [2.45, 2.75) is 70.8 Å². The first-order chi connectivity index (χ1) is 14.0. The summed E-state index contributed by atoms with van der Waals surface area (Å²) in [6, 6.07) is 18.1. The lowest BCUT2D eigenvalue weighted by Gasteiger charge is -2.34. The van der Waals surface area contributed by atoms with Crippen LogP contribution in [0.2, 0.25) is 0 Å². The molecule has 1 saturated carbocycles. The van der Waals surface area contributed by atoms with Gasteiger partial charge in [-0.2, -0.15) is 0 Å². The van der Waals surface area contributed by atoms with Gasteiger partial charge in [0.15, 0.2) is 0 Å². The third-order valence-electron chi connectivity index (χ3n) is 5.82. The lowest BCUT2D eigenvalue weighted by atomic mass is 9.76. The van der Waals surface area contributed by atoms with Crippen molar-refractivity contribution in [1.29, 1.82) is 0 Å². The van der Waals surface area contributed by atoms with Crippen LogP contribution in [-0.4, -0.2) is 18.1 Å². The molecule has 0 unspecified atom stereocenters. The monoisotopic (exact) mass is 393 g/mol. The van der Waals surface area contributed by atoms with E-state index >= 15 is 0 Å². The lowest BCUT2D eigenvalue weighted by Crippen LogP contribution is -2.40. The normalized spacial score (nSPS) is 25.0. The predicted molar refractivity (Wildman–Crippen MR) is 120 cm³/mol. The summed E-state index contributed by atoms with van der Waals surface area (Å²) in [5, 5.41) is 2.89. The Hall–Kier alpha value is -2.47. The van der Waals surface area contributed by atoms with E-state index in [0.717, 1.165) is 57.1 Å². The molecular weight excluding hydrogens is 358 g/mol. The van der Waals surface area contributed by atoms with Crippen LogP contribution >= 0.6 is 0 Å². The number of hydrogen-bond acceptors (Lipinski definition) is 2. The topological polar surface area (TPSA) is 38.3 Å². The van der Waals surface area contributed by atoms with Crippen LogP contribution in [0.1, 0.15) is 65.2 Å². The number of terminal acetylenes is 1. The van der Waals surface area contributed by atoms with Gasteiger partial charge in [0.1, 0.15) is 11.4 Å². The highest BCUT2D eigenvalue weighted by Crippen LogP contribution is 2.36. The summed E-state index contributed by atoms with van der Waals surface area (Å²) in [5.41, 5.74) is -0.509. The zero-order valence-electron chi connectivity index (χ0n) is 18.0. The fraction of sp³-hybridized carbons (Fsp3) is 0.500. The van der Waals surface area contributed by atoms with E-state index in [-0.39, 0.29) is 16.9 Å². The Morgan fingerprint density at radius 2 is 1.41 bits per heavy atom. The molecule has 156 valence electrons. The number of carbonyl (C=O) groups is 1. The predicted octanol–water partition coefficient (Wildman–Crippen LogP) is 5.84. The zero-order chi connectivity index (χ0) is 21.0. The van der Waals surface area contributed by atoms with E-state index in [1.807, 2.05) is 54.6 Å². The Kier molecular flexibility index (Phi) is 9.06. The van der Waals surface area contributed by atoms with Gasteiger partial charge in [-0.15, -0.1) is 6.42 Å². The first kappa shape index (κ1) is 22.8. The Morgan fingerprint density at radius 1 is 0.931 bits per heavy atom. The first-order valence-corrected chi connectivity index (χ1v) is 10.8. The molecule has 0 saturated heterocycles. The third kappa shape index (κ3) is 7.81. The fourth-order valence-electron chi connectivity index (χ4n) is 3.98. The van der Waals surface area contributed by atoms with Crippen LogP contribution in [0.3, 0.4) is 0 Å². The third-order valence-corrected chi connectivity index (χ3v) is 5.82. The maximum Gasteiger partial charge on any atom is 0.226 e. The molecule has 1 aromatic rings. The molecule has 0 radical (unpaired) electrons. The van der Waals surface area contributed by atoms with Gasteiger partial charge in [-0.1, -0.05) is 68.2 Å². The standard InChI is InChI=1S/C26H35NO2/c1-4-22-27-24(28)25(2)18-12-14-20-26(3,21-15-13-19-25)29-23-16-10-8-6-5-7-9-11-17-23/h1,5-11,16-17H,12-15,18-22H2,2-3H3,(H,27,28). The molecule has 0 aliphatic heterocycles. The summed E-state index contributed by atoms with van der Waals surface area (Å²) in [4.78, 5) is 12.6. The Morgan fingerprint density at radius 3 is 1.93 bits per heavy atom. The molecule has 1 N–H and O–H groups in total. The number of carbonyl (C=O) groups excluding carboxylic acids is 1. The van der Waals surface area contributed by atoms with E-state index in [9.17, 15) is 4.79 Å². The molecule has 3 nitrogen and oxygen atoms in total. The summed E-state index contributed by atoms with van der Waals surface area (Å²) in [7, 11) is 0. The van der Waals surface area contributed by atoms with Crippen LogP contribution in [0.15, 0.2) is 54.6 Å². The van der Waals surface area contributed by atoms with Crippen molar-refractivity contribution in [2.75, 3.05) is 6.54 Å². The maximum atomic E-state index is 12.6. The van der Waals surface area contributed by atoms with Crippen LogP contribution in [-0.2, 0) is 4.79 Å². The summed E-state index contributed by atoms with van der Waals surface area (Å²) in [6.07, 6.45) is 13.2. The molecule has 0 spiro atoms. The van der Waals surface area contributed by atoms with Crippen molar-refractivity contribution < 1.29 is 9.53 Å². The van der Waals surface area contributed by atoms with E-state index in [1.54, 1.807) is 0 Å². The number of hydrogen-bond donors (Lipinski definition) is 1. The first-order valence-electron chi connectivity index (χ1n) is 10.8. The SMILES string of the molecule is C#CCNC(=O)C1(C)CCCCC(C)(Oc2ccccccccc2)CCCC1. The average Bonchev–Trinajstić information content (AvgIpc) is 2.71. The Bertz CT molecular complexity index is 711. The van der Waals surface area contributed by atoms with Crippen LogP contribution in [0.25, 0.3) is 0 Å². The molecule has 1 aliphatic carbocycles. The van der Waals surface area contributed by atoms with E-state index in [2.05, 4.69) is 25.1 Å². The molecule has 1 amide bonds. The summed E-state index contributed by atoms with van der Waals surface area (Å²) >= 11 is 0. The lowest BCUT2D eigenvalue weighted by molar-refractivity contribution is -0.131. The van der Waals surface area contributed by atoms with E-state index in [0.29, 0.717) is 6.54 Å².